The van der Waals surface area contributed by atoms with Crippen molar-refractivity contribution in [2.75, 3.05) is 14.1 Å². The molecule has 0 heterocycles. The zero-order valence-corrected chi connectivity index (χ0v) is 9.00. The minimum absolute atomic E-state index is 0.201. The lowest BCUT2D eigenvalue weighted by molar-refractivity contribution is -0.117. The zero-order chi connectivity index (χ0) is 11.7. The average molecular weight is 208 g/mol. The highest BCUT2D eigenvalue weighted by molar-refractivity contribution is 5.93. The molecule has 0 rings (SSSR count). The predicted octanol–water partition coefficient (Wildman–Crippen LogP) is -0.149. The maximum absolute atomic E-state index is 11.4. The van der Waals surface area contributed by atoms with Crippen LogP contribution in [0.3, 0.4) is 0 Å². The second kappa shape index (κ2) is 7.74. The molecule has 0 aromatic rings. The van der Waals surface area contributed by atoms with E-state index < -0.39 is 6.04 Å². The Labute approximate surface area is 89.8 Å². The van der Waals surface area contributed by atoms with Crippen molar-refractivity contribution in [3.8, 4) is 6.07 Å². The van der Waals surface area contributed by atoms with Crippen molar-refractivity contribution in [2.45, 2.75) is 12.5 Å². The molecule has 82 valence electrons. The van der Waals surface area contributed by atoms with Gasteiger partial charge in [-0.05, 0) is 7.05 Å². The molecule has 0 radical (unpaired) electrons. The quantitative estimate of drug-likeness (QED) is 0.322. The summed E-state index contributed by atoms with van der Waals surface area (Å²) < 4.78 is 0. The summed E-state index contributed by atoms with van der Waals surface area (Å²) in [6.45, 7) is 3.52. The molecule has 1 unspecified atom stereocenters. The summed E-state index contributed by atoms with van der Waals surface area (Å²) in [5, 5.41) is 11.3. The molecule has 0 fully saturated rings. The number of carbonyl (C=O) groups is 1. The Bertz CT molecular complexity index is 290. The first-order valence-electron chi connectivity index (χ1n) is 4.55. The molecule has 0 aromatic carbocycles. The number of nitrogens with one attached hydrogen (secondary N) is 3. The molecule has 15 heavy (non-hydrogen) atoms. The summed E-state index contributed by atoms with van der Waals surface area (Å²) in [6, 6.07) is 1.60. The van der Waals surface area contributed by atoms with Gasteiger partial charge in [0.2, 0.25) is 5.91 Å². The molecule has 1 atom stereocenters. The van der Waals surface area contributed by atoms with Crippen LogP contribution >= 0.6 is 0 Å². The minimum Gasteiger partial charge on any atom is -0.355 e. The van der Waals surface area contributed by atoms with Crippen molar-refractivity contribution >= 4 is 5.91 Å². The largest absolute Gasteiger partial charge is 0.355 e. The number of amides is 1. The number of carbonyl (C=O) groups excluding carboxylic acids is 1. The van der Waals surface area contributed by atoms with Gasteiger partial charge in [-0.15, -0.1) is 0 Å². The molecule has 0 bridgehead atoms. The van der Waals surface area contributed by atoms with Gasteiger partial charge in [0.05, 0.1) is 6.07 Å². The van der Waals surface area contributed by atoms with Crippen LogP contribution in [0.15, 0.2) is 24.3 Å². The molecule has 3 N–H and O–H groups in total. The fourth-order valence-corrected chi connectivity index (χ4v) is 1.06. The van der Waals surface area contributed by atoms with E-state index in [2.05, 4.69) is 22.7 Å². The lowest BCUT2D eigenvalue weighted by Crippen LogP contribution is -2.38. The molecule has 0 saturated heterocycles. The molecule has 0 spiro atoms. The maximum atomic E-state index is 11.4. The first kappa shape index (κ1) is 13.4. The van der Waals surface area contributed by atoms with Gasteiger partial charge in [-0.2, -0.15) is 5.26 Å². The summed E-state index contributed by atoms with van der Waals surface area (Å²) in [5.74, 6) is -0.201. The summed E-state index contributed by atoms with van der Waals surface area (Å²) in [4.78, 5) is 11.4. The van der Waals surface area contributed by atoms with Crippen molar-refractivity contribution in [3.05, 3.63) is 24.3 Å². The summed E-state index contributed by atoms with van der Waals surface area (Å²) in [7, 11) is 3.22. The molecule has 0 aliphatic rings. The van der Waals surface area contributed by atoms with Crippen LogP contribution in [0.25, 0.3) is 0 Å². The standard InChI is InChI=1S/C10H16N4O/c1-4-5-8(10(15)12-2)6-9(7-11)14-13-3/h4-5,9,13-14H,1,6H2,2-3H3,(H,12,15)/b8-5-. The van der Waals surface area contributed by atoms with E-state index >= 15 is 0 Å². The number of hydrogen-bond acceptors (Lipinski definition) is 4. The molecule has 5 heteroatoms. The number of hydrazine groups is 1. The topological polar surface area (TPSA) is 77.0 Å². The fraction of sp³-hybridized carbons (Fsp3) is 0.400. The third-order valence-electron chi connectivity index (χ3n) is 1.74. The van der Waals surface area contributed by atoms with Gasteiger partial charge in [-0.1, -0.05) is 18.7 Å². The highest BCUT2D eigenvalue weighted by atomic mass is 16.1. The van der Waals surface area contributed by atoms with Crippen LogP contribution in [0.5, 0.6) is 0 Å². The Morgan fingerprint density at radius 3 is 2.67 bits per heavy atom. The predicted molar refractivity (Wildman–Crippen MR) is 58.6 cm³/mol. The Balaban J connectivity index is 4.54. The number of rotatable bonds is 6. The number of likely N-dealkylation sites (N-methyl/N-ethyl adjacent to an activating group) is 1. The van der Waals surface area contributed by atoms with E-state index in [9.17, 15) is 4.79 Å². The highest BCUT2D eigenvalue weighted by Gasteiger charge is 2.13. The molecule has 0 aliphatic heterocycles. The van der Waals surface area contributed by atoms with Crippen molar-refractivity contribution in [3.63, 3.8) is 0 Å². The van der Waals surface area contributed by atoms with E-state index in [1.54, 1.807) is 20.2 Å². The van der Waals surface area contributed by atoms with E-state index in [0.29, 0.717) is 12.0 Å². The van der Waals surface area contributed by atoms with Gasteiger partial charge in [0.15, 0.2) is 0 Å². The zero-order valence-electron chi connectivity index (χ0n) is 9.00. The molecular weight excluding hydrogens is 192 g/mol. The van der Waals surface area contributed by atoms with Crippen LogP contribution in [0.4, 0.5) is 0 Å². The van der Waals surface area contributed by atoms with Crippen molar-refractivity contribution in [2.24, 2.45) is 0 Å². The second-order valence-electron chi connectivity index (χ2n) is 2.79. The number of nitriles is 1. The Kier molecular flexibility index (Phi) is 6.89. The van der Waals surface area contributed by atoms with Gasteiger partial charge in [-0.25, -0.2) is 5.43 Å². The Morgan fingerprint density at radius 1 is 1.60 bits per heavy atom. The van der Waals surface area contributed by atoms with E-state index in [1.807, 2.05) is 6.07 Å². The lowest BCUT2D eigenvalue weighted by Gasteiger charge is -2.11. The van der Waals surface area contributed by atoms with Gasteiger partial charge in [0.25, 0.3) is 0 Å². The summed E-state index contributed by atoms with van der Waals surface area (Å²) in [5.41, 5.74) is 5.92. The summed E-state index contributed by atoms with van der Waals surface area (Å²) >= 11 is 0. The SMILES string of the molecule is C=C/C=C(/CC(C#N)NNC)C(=O)NC. The van der Waals surface area contributed by atoms with Gasteiger partial charge >= 0.3 is 0 Å². The molecule has 5 nitrogen and oxygen atoms in total. The van der Waals surface area contributed by atoms with Crippen LogP contribution in [0.2, 0.25) is 0 Å². The van der Waals surface area contributed by atoms with Gasteiger partial charge in [0.1, 0.15) is 6.04 Å². The van der Waals surface area contributed by atoms with Crippen LogP contribution < -0.4 is 16.2 Å². The third-order valence-corrected chi connectivity index (χ3v) is 1.74. The van der Waals surface area contributed by atoms with E-state index in [0.717, 1.165) is 0 Å². The smallest absolute Gasteiger partial charge is 0.247 e. The Morgan fingerprint density at radius 2 is 2.27 bits per heavy atom. The first-order valence-corrected chi connectivity index (χ1v) is 4.55. The second-order valence-corrected chi connectivity index (χ2v) is 2.79. The van der Waals surface area contributed by atoms with Crippen LogP contribution in [-0.2, 0) is 4.79 Å². The maximum Gasteiger partial charge on any atom is 0.247 e. The number of nitrogens with zero attached hydrogens (tertiary/aromatic N) is 1. The average Bonchev–Trinajstić information content (AvgIpc) is 2.26. The van der Waals surface area contributed by atoms with Crippen molar-refractivity contribution in [1.29, 1.82) is 5.26 Å². The Hall–Kier alpha value is -1.64. The highest BCUT2D eigenvalue weighted by Crippen LogP contribution is 2.05. The third kappa shape index (κ3) is 4.96. The van der Waals surface area contributed by atoms with E-state index in [-0.39, 0.29) is 5.91 Å². The number of hydrogen-bond donors (Lipinski definition) is 3. The molecule has 0 aliphatic carbocycles. The van der Waals surface area contributed by atoms with Crippen molar-refractivity contribution in [1.82, 2.24) is 16.2 Å². The van der Waals surface area contributed by atoms with Crippen LogP contribution in [0, 0.1) is 11.3 Å². The number of allylic oxidation sites excluding steroid dienone is 2. The lowest BCUT2D eigenvalue weighted by atomic mass is 10.1. The van der Waals surface area contributed by atoms with E-state index in [4.69, 9.17) is 5.26 Å². The molecule has 0 aromatic heterocycles. The molecular formula is C10H16N4O. The van der Waals surface area contributed by atoms with E-state index in [1.165, 1.54) is 6.08 Å². The molecule has 1 amide bonds. The fourth-order valence-electron chi connectivity index (χ4n) is 1.06. The van der Waals surface area contributed by atoms with Crippen LogP contribution in [-0.4, -0.2) is 26.0 Å². The monoisotopic (exact) mass is 208 g/mol. The normalized spacial score (nSPS) is 12.7. The van der Waals surface area contributed by atoms with Gasteiger partial charge < -0.3 is 5.32 Å². The minimum atomic E-state index is -0.446. The van der Waals surface area contributed by atoms with Crippen LogP contribution in [0.1, 0.15) is 6.42 Å². The first-order chi connectivity index (χ1) is 7.19. The summed E-state index contributed by atoms with van der Waals surface area (Å²) in [6.07, 6.45) is 3.45. The van der Waals surface area contributed by atoms with Gasteiger partial charge in [-0.3, -0.25) is 10.2 Å². The van der Waals surface area contributed by atoms with Crippen molar-refractivity contribution < 1.29 is 4.79 Å². The molecule has 0 saturated carbocycles. The van der Waals surface area contributed by atoms with Gasteiger partial charge in [0, 0.05) is 19.0 Å².